The second kappa shape index (κ2) is 7.17. The number of rotatable bonds is 2. The van der Waals surface area contributed by atoms with Gasteiger partial charge in [0.2, 0.25) is 11.8 Å². The lowest BCUT2D eigenvalue weighted by atomic mass is 9.73. The van der Waals surface area contributed by atoms with Crippen LogP contribution in [0.25, 0.3) is 0 Å². The summed E-state index contributed by atoms with van der Waals surface area (Å²) < 4.78 is 0. The van der Waals surface area contributed by atoms with Crippen LogP contribution in [0.5, 0.6) is 0 Å². The topological polar surface area (TPSA) is 57.7 Å². The Hall–Kier alpha value is -2.87. The maximum absolute atomic E-state index is 12.6. The lowest BCUT2D eigenvalue weighted by Gasteiger charge is -2.36. The van der Waals surface area contributed by atoms with Gasteiger partial charge in [-0.25, -0.2) is 0 Å². The van der Waals surface area contributed by atoms with Crippen molar-refractivity contribution in [3.63, 3.8) is 0 Å². The minimum absolute atomic E-state index is 0.0246. The van der Waals surface area contributed by atoms with Crippen LogP contribution in [-0.4, -0.2) is 47.7 Å². The highest BCUT2D eigenvalue weighted by molar-refractivity contribution is 6.06. The minimum Gasteiger partial charge on any atom is -0.328 e. The van der Waals surface area contributed by atoms with E-state index in [1.807, 2.05) is 49.4 Å². The Morgan fingerprint density at radius 3 is 2.42 bits per heavy atom. The van der Waals surface area contributed by atoms with Gasteiger partial charge in [0.1, 0.15) is 0 Å². The van der Waals surface area contributed by atoms with E-state index in [9.17, 15) is 14.4 Å². The number of nitrogens with zero attached hydrogens (tertiary/aromatic N) is 2. The molecule has 1 aliphatic heterocycles. The number of hydrogen-bond acceptors (Lipinski definition) is 3. The number of likely N-dealkylation sites (N-methyl/N-ethyl adjacent to an activating group) is 1. The van der Waals surface area contributed by atoms with Crippen molar-refractivity contribution in [1.82, 2.24) is 9.80 Å². The Labute approximate surface area is 153 Å². The molecule has 26 heavy (non-hydrogen) atoms. The van der Waals surface area contributed by atoms with E-state index in [-0.39, 0.29) is 23.6 Å². The molecule has 1 heterocycles. The third kappa shape index (κ3) is 3.03. The minimum atomic E-state index is -0.532. The lowest BCUT2D eigenvalue weighted by molar-refractivity contribution is -0.138. The van der Waals surface area contributed by atoms with Gasteiger partial charge in [0, 0.05) is 25.6 Å². The van der Waals surface area contributed by atoms with Crippen molar-refractivity contribution in [2.45, 2.75) is 19.4 Å². The zero-order valence-corrected chi connectivity index (χ0v) is 15.2. The summed E-state index contributed by atoms with van der Waals surface area (Å²) in [5, 5.41) is 0. The summed E-state index contributed by atoms with van der Waals surface area (Å²) in [6.07, 6.45) is 4.62. The number of fused-ring (bicyclic) bond motifs is 1. The third-order valence-corrected chi connectivity index (χ3v) is 5.33. The largest absolute Gasteiger partial charge is 0.328 e. The van der Waals surface area contributed by atoms with Crippen LogP contribution in [0.2, 0.25) is 0 Å². The summed E-state index contributed by atoms with van der Waals surface area (Å²) in [6, 6.07) is 8.80. The summed E-state index contributed by atoms with van der Waals surface area (Å²) in [7, 11) is 3.15. The van der Waals surface area contributed by atoms with Gasteiger partial charge in [-0.15, -0.1) is 0 Å². The smallest absolute Gasteiger partial charge is 0.299 e. The number of likely N-dealkylation sites (tertiary alicyclic amines) is 1. The third-order valence-electron chi connectivity index (χ3n) is 5.33. The molecule has 0 saturated carbocycles. The van der Waals surface area contributed by atoms with Gasteiger partial charge in [0.15, 0.2) is 0 Å². The molecule has 5 heteroatoms. The number of hydrogen-bond donors (Lipinski definition) is 0. The average molecular weight is 350 g/mol. The first kappa shape index (κ1) is 17.9. The zero-order chi connectivity index (χ0) is 18.8. The SMILES string of the molecule is CC[C@H]1C=C[C@@H](N(C)C(=O)C#Cc2ccccc2)[C@H]2C(=O)N(C)C(=O)[C@H]21. The van der Waals surface area contributed by atoms with Crippen LogP contribution in [0.15, 0.2) is 42.5 Å². The van der Waals surface area contributed by atoms with Crippen LogP contribution < -0.4 is 0 Å². The van der Waals surface area contributed by atoms with Crippen LogP contribution in [0.4, 0.5) is 0 Å². The van der Waals surface area contributed by atoms with Gasteiger partial charge < -0.3 is 4.90 Å². The van der Waals surface area contributed by atoms with Crippen LogP contribution in [0.1, 0.15) is 18.9 Å². The zero-order valence-electron chi connectivity index (χ0n) is 15.2. The Bertz CT molecular complexity index is 819. The van der Waals surface area contributed by atoms with Gasteiger partial charge in [0.25, 0.3) is 5.91 Å². The van der Waals surface area contributed by atoms with Crippen LogP contribution in [0.3, 0.4) is 0 Å². The highest BCUT2D eigenvalue weighted by Gasteiger charge is 2.54. The van der Waals surface area contributed by atoms with Gasteiger partial charge in [-0.1, -0.05) is 43.2 Å². The normalized spacial score (nSPS) is 27.0. The highest BCUT2D eigenvalue weighted by atomic mass is 16.2. The van der Waals surface area contributed by atoms with E-state index in [0.29, 0.717) is 0 Å². The van der Waals surface area contributed by atoms with E-state index in [1.165, 1.54) is 16.8 Å². The number of carbonyl (C=O) groups excluding carboxylic acids is 3. The molecule has 0 radical (unpaired) electrons. The number of amides is 3. The molecule has 2 aliphatic rings. The number of allylic oxidation sites excluding steroid dienone is 1. The van der Waals surface area contributed by atoms with E-state index < -0.39 is 17.9 Å². The first-order valence-electron chi connectivity index (χ1n) is 8.79. The molecule has 0 unspecified atom stereocenters. The van der Waals surface area contributed by atoms with Crippen LogP contribution >= 0.6 is 0 Å². The fraction of sp³-hybridized carbons (Fsp3) is 0.381. The summed E-state index contributed by atoms with van der Waals surface area (Å²) >= 11 is 0. The molecule has 134 valence electrons. The molecule has 1 fully saturated rings. The maximum Gasteiger partial charge on any atom is 0.299 e. The van der Waals surface area contributed by atoms with Crippen molar-refractivity contribution in [1.29, 1.82) is 0 Å². The molecule has 1 saturated heterocycles. The van der Waals surface area contributed by atoms with Crippen molar-refractivity contribution in [3.8, 4) is 11.8 Å². The number of carbonyl (C=O) groups is 3. The summed E-state index contributed by atoms with van der Waals surface area (Å²) in [6.45, 7) is 2.00. The molecule has 1 aromatic carbocycles. The fourth-order valence-corrected chi connectivity index (χ4v) is 3.80. The molecular weight excluding hydrogens is 328 g/mol. The molecule has 5 nitrogen and oxygen atoms in total. The second-order valence-corrected chi connectivity index (χ2v) is 6.77. The molecule has 1 aromatic rings. The summed E-state index contributed by atoms with van der Waals surface area (Å²) in [4.78, 5) is 40.3. The summed E-state index contributed by atoms with van der Waals surface area (Å²) in [5.74, 6) is 3.83. The number of imide groups is 1. The fourth-order valence-electron chi connectivity index (χ4n) is 3.80. The molecule has 1 aliphatic carbocycles. The lowest BCUT2D eigenvalue weighted by Crippen LogP contribution is -2.47. The molecule has 3 amide bonds. The quantitative estimate of drug-likeness (QED) is 0.463. The van der Waals surface area contributed by atoms with E-state index in [0.717, 1.165) is 12.0 Å². The van der Waals surface area contributed by atoms with Crippen LogP contribution in [-0.2, 0) is 14.4 Å². The molecule has 4 atom stereocenters. The van der Waals surface area contributed by atoms with Gasteiger partial charge in [-0.05, 0) is 24.5 Å². The Balaban J connectivity index is 1.86. The van der Waals surface area contributed by atoms with Crippen molar-refractivity contribution in [2.24, 2.45) is 17.8 Å². The van der Waals surface area contributed by atoms with E-state index >= 15 is 0 Å². The molecular formula is C21H22N2O3. The van der Waals surface area contributed by atoms with Gasteiger partial charge in [-0.3, -0.25) is 19.3 Å². The Morgan fingerprint density at radius 1 is 1.12 bits per heavy atom. The second-order valence-electron chi connectivity index (χ2n) is 6.77. The van der Waals surface area contributed by atoms with E-state index in [2.05, 4.69) is 11.8 Å². The predicted molar refractivity (Wildman–Crippen MR) is 97.6 cm³/mol. The first-order chi connectivity index (χ1) is 12.5. The Morgan fingerprint density at radius 2 is 1.77 bits per heavy atom. The van der Waals surface area contributed by atoms with Gasteiger partial charge >= 0.3 is 0 Å². The standard InChI is InChI=1S/C21H22N2O3/c1-4-15-11-12-16(19-18(15)20(25)23(3)21(19)26)22(2)17(24)13-10-14-8-6-5-7-9-14/h5-9,11-12,15-16,18-19H,4H2,1-3H3/t15-,16+,18-,19+/m0/s1. The molecule has 0 aromatic heterocycles. The van der Waals surface area contributed by atoms with E-state index in [4.69, 9.17) is 0 Å². The predicted octanol–water partition coefficient (Wildman–Crippen LogP) is 1.69. The molecule has 3 rings (SSSR count). The first-order valence-corrected chi connectivity index (χ1v) is 8.79. The molecule has 0 N–H and O–H groups in total. The van der Waals surface area contributed by atoms with Crippen molar-refractivity contribution in [3.05, 3.63) is 48.0 Å². The Kier molecular flexibility index (Phi) is 4.94. The van der Waals surface area contributed by atoms with E-state index in [1.54, 1.807) is 7.05 Å². The summed E-state index contributed by atoms with van der Waals surface area (Å²) in [5.41, 5.74) is 0.754. The molecule has 0 spiro atoms. The number of benzene rings is 1. The van der Waals surface area contributed by atoms with Crippen LogP contribution in [0, 0.1) is 29.6 Å². The van der Waals surface area contributed by atoms with Crippen molar-refractivity contribution >= 4 is 17.7 Å². The van der Waals surface area contributed by atoms with Crippen molar-refractivity contribution < 1.29 is 14.4 Å². The highest BCUT2D eigenvalue weighted by Crippen LogP contribution is 2.41. The van der Waals surface area contributed by atoms with Gasteiger partial charge in [0.05, 0.1) is 17.9 Å². The van der Waals surface area contributed by atoms with Crippen molar-refractivity contribution in [2.75, 3.05) is 14.1 Å². The van der Waals surface area contributed by atoms with Gasteiger partial charge in [-0.2, -0.15) is 0 Å². The molecule has 0 bridgehead atoms. The average Bonchev–Trinajstić information content (AvgIpc) is 2.90. The monoisotopic (exact) mass is 350 g/mol. The maximum atomic E-state index is 12.6.